The van der Waals surface area contributed by atoms with E-state index >= 15 is 0 Å². The molecule has 24 heavy (non-hydrogen) atoms. The van der Waals surface area contributed by atoms with Crippen LogP contribution in [-0.2, 0) is 30.9 Å². The minimum absolute atomic E-state index is 0.0123. The fraction of sp³-hybridized carbons (Fsp3) is 0.250. The molecule has 0 atom stereocenters. The number of hydrogen-bond donors (Lipinski definition) is 2. The number of aromatic nitrogens is 1. The highest BCUT2D eigenvalue weighted by Crippen LogP contribution is 2.21. The van der Waals surface area contributed by atoms with Crippen LogP contribution in [0.25, 0.3) is 10.9 Å². The first-order chi connectivity index (χ1) is 11.7. The lowest BCUT2D eigenvalue weighted by molar-refractivity contribution is -0.120. The van der Waals surface area contributed by atoms with Crippen LogP contribution in [-0.4, -0.2) is 15.6 Å². The van der Waals surface area contributed by atoms with Gasteiger partial charge in [-0.2, -0.15) is 0 Å². The van der Waals surface area contributed by atoms with Crippen molar-refractivity contribution in [3.8, 4) is 0 Å². The Kier molecular flexibility index (Phi) is 4.96. The summed E-state index contributed by atoms with van der Waals surface area (Å²) in [5, 5.41) is 13.4. The van der Waals surface area contributed by atoms with Crippen molar-refractivity contribution in [3.63, 3.8) is 0 Å². The lowest BCUT2D eigenvalue weighted by Gasteiger charge is -2.08. The average Bonchev–Trinajstić information content (AvgIpc) is 2.98. The number of nitrogens with one attached hydrogen (secondary N) is 1. The smallest absolute Gasteiger partial charge is 0.224 e. The summed E-state index contributed by atoms with van der Waals surface area (Å²) in [5.74, 6) is -0.0123. The maximum atomic E-state index is 12.3. The molecule has 0 bridgehead atoms. The van der Waals surface area contributed by atoms with Crippen molar-refractivity contribution in [2.24, 2.45) is 0 Å². The van der Waals surface area contributed by atoms with E-state index in [4.69, 9.17) is 0 Å². The quantitative estimate of drug-likeness (QED) is 0.733. The molecule has 3 aromatic rings. The maximum Gasteiger partial charge on any atom is 0.224 e. The molecule has 124 valence electrons. The Morgan fingerprint density at radius 3 is 2.50 bits per heavy atom. The van der Waals surface area contributed by atoms with Crippen LogP contribution in [0.15, 0.2) is 54.7 Å². The Morgan fingerprint density at radius 1 is 1.04 bits per heavy atom. The van der Waals surface area contributed by atoms with Crippen molar-refractivity contribution in [2.75, 3.05) is 0 Å². The van der Waals surface area contributed by atoms with Crippen molar-refractivity contribution in [3.05, 3.63) is 71.4 Å². The second kappa shape index (κ2) is 7.32. The van der Waals surface area contributed by atoms with Crippen molar-refractivity contribution in [1.82, 2.24) is 9.88 Å². The number of aliphatic hydroxyl groups excluding tert-OH is 1. The van der Waals surface area contributed by atoms with Gasteiger partial charge in [-0.1, -0.05) is 42.5 Å². The molecule has 0 aliphatic heterocycles. The number of hydrogen-bond acceptors (Lipinski definition) is 2. The third-order valence-electron chi connectivity index (χ3n) is 4.33. The molecule has 2 aromatic carbocycles. The van der Waals surface area contributed by atoms with Crippen LogP contribution in [0, 0.1) is 0 Å². The van der Waals surface area contributed by atoms with Gasteiger partial charge >= 0.3 is 0 Å². The Labute approximate surface area is 141 Å². The number of benzene rings is 2. The van der Waals surface area contributed by atoms with Crippen LogP contribution in [0.1, 0.15) is 23.6 Å². The normalized spacial score (nSPS) is 10.9. The molecule has 1 amide bonds. The van der Waals surface area contributed by atoms with Gasteiger partial charge in [-0.25, -0.2) is 0 Å². The molecular formula is C20H22N2O2. The standard InChI is InChI=1S/C20H22N2O2/c1-2-22-13-17(18-9-5-6-10-19(18)22)11-20(24)21-12-15-7-3-4-8-16(15)14-23/h3-10,13,23H,2,11-12,14H2,1H3,(H,21,24). The lowest BCUT2D eigenvalue weighted by Crippen LogP contribution is -2.25. The summed E-state index contributed by atoms with van der Waals surface area (Å²) >= 11 is 0. The molecular weight excluding hydrogens is 300 g/mol. The monoisotopic (exact) mass is 322 g/mol. The fourth-order valence-corrected chi connectivity index (χ4v) is 3.04. The van der Waals surface area contributed by atoms with Crippen LogP contribution in [0.2, 0.25) is 0 Å². The van der Waals surface area contributed by atoms with Gasteiger partial charge in [-0.3, -0.25) is 4.79 Å². The zero-order valence-corrected chi connectivity index (χ0v) is 13.8. The number of para-hydroxylation sites is 1. The first kappa shape index (κ1) is 16.3. The van der Waals surface area contributed by atoms with E-state index < -0.39 is 0 Å². The fourth-order valence-electron chi connectivity index (χ4n) is 3.04. The van der Waals surface area contributed by atoms with Crippen LogP contribution in [0.4, 0.5) is 0 Å². The van der Waals surface area contributed by atoms with Crippen LogP contribution < -0.4 is 5.32 Å². The summed E-state index contributed by atoms with van der Waals surface area (Å²) in [6, 6.07) is 15.8. The molecule has 4 heteroatoms. The Bertz CT molecular complexity index is 852. The molecule has 0 radical (unpaired) electrons. The van der Waals surface area contributed by atoms with Crippen molar-refractivity contribution in [1.29, 1.82) is 0 Å². The predicted molar refractivity (Wildman–Crippen MR) is 95.5 cm³/mol. The highest BCUT2D eigenvalue weighted by molar-refractivity contribution is 5.89. The number of nitrogens with zero attached hydrogens (tertiary/aromatic N) is 1. The van der Waals surface area contributed by atoms with E-state index in [1.807, 2.05) is 36.4 Å². The molecule has 4 nitrogen and oxygen atoms in total. The van der Waals surface area contributed by atoms with Crippen molar-refractivity contribution >= 4 is 16.8 Å². The van der Waals surface area contributed by atoms with Gasteiger partial charge in [-0.15, -0.1) is 0 Å². The van der Waals surface area contributed by atoms with Crippen molar-refractivity contribution < 1.29 is 9.90 Å². The molecule has 3 rings (SSSR count). The maximum absolute atomic E-state index is 12.3. The summed E-state index contributed by atoms with van der Waals surface area (Å²) in [4.78, 5) is 12.3. The topological polar surface area (TPSA) is 54.3 Å². The molecule has 0 fully saturated rings. The van der Waals surface area contributed by atoms with Gasteiger partial charge in [-0.05, 0) is 29.7 Å². The molecule has 0 aliphatic rings. The molecule has 0 aliphatic carbocycles. The summed E-state index contributed by atoms with van der Waals surface area (Å²) in [5.41, 5.74) is 4.00. The molecule has 0 saturated carbocycles. The Hall–Kier alpha value is -2.59. The predicted octanol–water partition coefficient (Wildman–Crippen LogP) is 3.01. The number of aryl methyl sites for hydroxylation is 1. The van der Waals surface area contributed by atoms with E-state index in [-0.39, 0.29) is 12.5 Å². The third kappa shape index (κ3) is 3.34. The van der Waals surface area contributed by atoms with E-state index in [9.17, 15) is 9.90 Å². The van der Waals surface area contributed by atoms with Gasteiger partial charge in [0.05, 0.1) is 13.0 Å². The van der Waals surface area contributed by atoms with E-state index in [2.05, 4.69) is 35.1 Å². The van der Waals surface area contributed by atoms with Gasteiger partial charge < -0.3 is 15.0 Å². The highest BCUT2D eigenvalue weighted by atomic mass is 16.3. The summed E-state index contributed by atoms with van der Waals surface area (Å²) in [6.07, 6.45) is 2.42. The van der Waals surface area contributed by atoms with Crippen LogP contribution >= 0.6 is 0 Å². The Morgan fingerprint density at radius 2 is 1.75 bits per heavy atom. The SMILES string of the molecule is CCn1cc(CC(=O)NCc2ccccc2CO)c2ccccc21. The van der Waals surface area contributed by atoms with E-state index in [1.165, 1.54) is 0 Å². The minimum Gasteiger partial charge on any atom is -0.392 e. The first-order valence-corrected chi connectivity index (χ1v) is 8.24. The number of carbonyl (C=O) groups excluding carboxylic acids is 1. The summed E-state index contributed by atoms with van der Waals surface area (Å²) < 4.78 is 2.17. The Balaban J connectivity index is 1.71. The average molecular weight is 322 g/mol. The van der Waals surface area contributed by atoms with Crippen LogP contribution in [0.5, 0.6) is 0 Å². The molecule has 0 saturated heterocycles. The zero-order chi connectivity index (χ0) is 16.9. The summed E-state index contributed by atoms with van der Waals surface area (Å²) in [6.45, 7) is 3.39. The molecule has 0 unspecified atom stereocenters. The molecule has 0 spiro atoms. The van der Waals surface area contributed by atoms with Gasteiger partial charge in [0.15, 0.2) is 0 Å². The van der Waals surface area contributed by atoms with Gasteiger partial charge in [0, 0.05) is 30.2 Å². The third-order valence-corrected chi connectivity index (χ3v) is 4.33. The number of amides is 1. The molecule has 2 N–H and O–H groups in total. The molecule has 1 aromatic heterocycles. The second-order valence-electron chi connectivity index (χ2n) is 5.84. The van der Waals surface area contributed by atoms with E-state index in [0.717, 1.165) is 34.1 Å². The number of aliphatic hydroxyl groups is 1. The highest BCUT2D eigenvalue weighted by Gasteiger charge is 2.11. The van der Waals surface area contributed by atoms with Crippen LogP contribution in [0.3, 0.4) is 0 Å². The minimum atomic E-state index is -0.0178. The first-order valence-electron chi connectivity index (χ1n) is 8.24. The van der Waals surface area contributed by atoms with Gasteiger partial charge in [0.1, 0.15) is 0 Å². The number of fused-ring (bicyclic) bond motifs is 1. The zero-order valence-electron chi connectivity index (χ0n) is 13.8. The number of carbonyl (C=O) groups is 1. The lowest BCUT2D eigenvalue weighted by atomic mass is 10.1. The van der Waals surface area contributed by atoms with Crippen molar-refractivity contribution in [2.45, 2.75) is 33.0 Å². The van der Waals surface area contributed by atoms with E-state index in [0.29, 0.717) is 13.0 Å². The van der Waals surface area contributed by atoms with Gasteiger partial charge in [0.25, 0.3) is 0 Å². The second-order valence-corrected chi connectivity index (χ2v) is 5.84. The number of rotatable bonds is 6. The summed E-state index contributed by atoms with van der Waals surface area (Å²) in [7, 11) is 0. The largest absolute Gasteiger partial charge is 0.392 e. The van der Waals surface area contributed by atoms with Gasteiger partial charge in [0.2, 0.25) is 5.91 Å². The van der Waals surface area contributed by atoms with E-state index in [1.54, 1.807) is 0 Å². The molecule has 1 heterocycles.